The van der Waals surface area contributed by atoms with E-state index >= 15 is 0 Å². The van der Waals surface area contributed by atoms with Crippen LogP contribution in [0.2, 0.25) is 0 Å². The summed E-state index contributed by atoms with van der Waals surface area (Å²) in [6.45, 7) is 7.70. The molecular formula is C17H32N2O3S. The second-order valence-corrected chi connectivity index (χ2v) is 10.3. The summed E-state index contributed by atoms with van der Waals surface area (Å²) in [7, 11) is -3.13. The fourth-order valence-corrected chi connectivity index (χ4v) is 4.96. The van der Waals surface area contributed by atoms with Crippen LogP contribution < -0.4 is 5.32 Å². The molecule has 1 saturated carbocycles. The third-order valence-electron chi connectivity index (χ3n) is 5.50. The summed E-state index contributed by atoms with van der Waals surface area (Å²) in [6, 6.07) is 0.268. The van der Waals surface area contributed by atoms with E-state index in [4.69, 9.17) is 0 Å². The second kappa shape index (κ2) is 7.09. The summed E-state index contributed by atoms with van der Waals surface area (Å²) >= 11 is 0. The Morgan fingerprint density at radius 3 is 2.13 bits per heavy atom. The fraction of sp³-hybridized carbons (Fsp3) is 0.941. The van der Waals surface area contributed by atoms with Crippen LogP contribution in [-0.2, 0) is 14.8 Å². The fourth-order valence-electron chi connectivity index (χ4n) is 4.09. The van der Waals surface area contributed by atoms with E-state index in [1.165, 1.54) is 29.8 Å². The monoisotopic (exact) mass is 344 g/mol. The standard InChI is InChI=1S/C17H32N2O3S/c1-17(2,3)14-7-5-6-8-15(14)18-16(20)13-9-11-19(12-10-13)23(4,21)22/h13-15H,5-12H2,1-4H3,(H,18,20). The van der Waals surface area contributed by atoms with E-state index in [2.05, 4.69) is 26.1 Å². The predicted molar refractivity (Wildman–Crippen MR) is 92.5 cm³/mol. The number of hydrogen-bond acceptors (Lipinski definition) is 3. The number of piperidine rings is 1. The first-order valence-electron chi connectivity index (χ1n) is 8.84. The van der Waals surface area contributed by atoms with Gasteiger partial charge in [0.15, 0.2) is 0 Å². The zero-order chi connectivity index (χ0) is 17.3. The molecule has 2 rings (SSSR count). The summed E-state index contributed by atoms with van der Waals surface area (Å²) in [6.07, 6.45) is 7.18. The maximum atomic E-state index is 12.6. The van der Waals surface area contributed by atoms with Gasteiger partial charge in [-0.1, -0.05) is 33.6 Å². The number of rotatable bonds is 3. The highest BCUT2D eigenvalue weighted by molar-refractivity contribution is 7.88. The molecule has 5 nitrogen and oxygen atoms in total. The average Bonchev–Trinajstić information content (AvgIpc) is 2.46. The van der Waals surface area contributed by atoms with Crippen LogP contribution >= 0.6 is 0 Å². The molecule has 134 valence electrons. The molecule has 1 aliphatic carbocycles. The van der Waals surface area contributed by atoms with Gasteiger partial charge < -0.3 is 5.32 Å². The van der Waals surface area contributed by atoms with E-state index < -0.39 is 10.0 Å². The van der Waals surface area contributed by atoms with Crippen LogP contribution in [0.3, 0.4) is 0 Å². The molecule has 2 unspecified atom stereocenters. The Morgan fingerprint density at radius 2 is 1.61 bits per heavy atom. The Morgan fingerprint density at radius 1 is 1.04 bits per heavy atom. The van der Waals surface area contributed by atoms with Gasteiger partial charge in [0.2, 0.25) is 15.9 Å². The normalized spacial score (nSPS) is 28.5. The summed E-state index contributed by atoms with van der Waals surface area (Å²) in [5.41, 5.74) is 0.206. The van der Waals surface area contributed by atoms with Crippen molar-refractivity contribution in [3.05, 3.63) is 0 Å². The first kappa shape index (κ1) is 18.7. The summed E-state index contributed by atoms with van der Waals surface area (Å²) in [5, 5.41) is 3.29. The molecule has 1 aliphatic heterocycles. The average molecular weight is 345 g/mol. The Kier molecular flexibility index (Phi) is 5.77. The van der Waals surface area contributed by atoms with Gasteiger partial charge >= 0.3 is 0 Å². The molecule has 0 spiro atoms. The topological polar surface area (TPSA) is 66.5 Å². The van der Waals surface area contributed by atoms with Crippen LogP contribution in [0.1, 0.15) is 59.3 Å². The van der Waals surface area contributed by atoms with Crippen molar-refractivity contribution in [2.45, 2.75) is 65.3 Å². The van der Waals surface area contributed by atoms with Crippen molar-refractivity contribution < 1.29 is 13.2 Å². The molecule has 0 aromatic carbocycles. The van der Waals surface area contributed by atoms with Crippen molar-refractivity contribution in [2.24, 2.45) is 17.3 Å². The number of sulfonamides is 1. The summed E-state index contributed by atoms with van der Waals surface area (Å²) in [5.74, 6) is 0.603. The molecule has 6 heteroatoms. The minimum absolute atomic E-state index is 0.0458. The number of nitrogens with zero attached hydrogens (tertiary/aromatic N) is 1. The van der Waals surface area contributed by atoms with Crippen LogP contribution in [0.4, 0.5) is 0 Å². The molecule has 0 aromatic heterocycles. The lowest BCUT2D eigenvalue weighted by Gasteiger charge is -2.41. The lowest BCUT2D eigenvalue weighted by Crippen LogP contribution is -2.50. The molecule has 23 heavy (non-hydrogen) atoms. The van der Waals surface area contributed by atoms with Gasteiger partial charge in [0, 0.05) is 25.0 Å². The molecule has 0 radical (unpaired) electrons. The smallest absolute Gasteiger partial charge is 0.223 e. The molecular weight excluding hydrogens is 312 g/mol. The highest BCUT2D eigenvalue weighted by Gasteiger charge is 2.36. The van der Waals surface area contributed by atoms with E-state index in [9.17, 15) is 13.2 Å². The number of hydrogen-bond donors (Lipinski definition) is 1. The third-order valence-corrected chi connectivity index (χ3v) is 6.80. The van der Waals surface area contributed by atoms with Crippen LogP contribution in [0.5, 0.6) is 0 Å². The number of amides is 1. The van der Waals surface area contributed by atoms with Gasteiger partial charge in [-0.05, 0) is 37.0 Å². The summed E-state index contributed by atoms with van der Waals surface area (Å²) < 4.78 is 24.6. The molecule has 1 amide bonds. The Balaban J connectivity index is 1.91. The van der Waals surface area contributed by atoms with Crippen LogP contribution in [-0.4, -0.2) is 44.0 Å². The molecule has 2 aliphatic rings. The van der Waals surface area contributed by atoms with Gasteiger partial charge in [-0.2, -0.15) is 0 Å². The molecule has 1 N–H and O–H groups in total. The molecule has 2 fully saturated rings. The van der Waals surface area contributed by atoms with E-state index in [1.54, 1.807) is 0 Å². The molecule has 1 heterocycles. The second-order valence-electron chi connectivity index (χ2n) is 8.31. The Hall–Kier alpha value is -0.620. The van der Waals surface area contributed by atoms with Gasteiger partial charge in [0.25, 0.3) is 0 Å². The highest BCUT2D eigenvalue weighted by atomic mass is 32.2. The minimum atomic E-state index is -3.13. The van der Waals surface area contributed by atoms with E-state index in [1.807, 2.05) is 0 Å². The predicted octanol–water partition coefficient (Wildman–Crippen LogP) is 2.38. The van der Waals surface area contributed by atoms with Crippen molar-refractivity contribution >= 4 is 15.9 Å². The third kappa shape index (κ3) is 4.92. The first-order valence-corrected chi connectivity index (χ1v) is 10.7. The molecule has 0 aromatic rings. The quantitative estimate of drug-likeness (QED) is 0.855. The van der Waals surface area contributed by atoms with Gasteiger partial charge in [0.05, 0.1) is 6.26 Å². The number of nitrogens with one attached hydrogen (secondary N) is 1. The maximum absolute atomic E-state index is 12.6. The Bertz CT molecular complexity index is 516. The summed E-state index contributed by atoms with van der Waals surface area (Å²) in [4.78, 5) is 12.6. The van der Waals surface area contributed by atoms with Gasteiger partial charge in [-0.15, -0.1) is 0 Å². The lowest BCUT2D eigenvalue weighted by atomic mass is 9.69. The van der Waals surface area contributed by atoms with Crippen LogP contribution in [0.15, 0.2) is 0 Å². The van der Waals surface area contributed by atoms with E-state index in [0.717, 1.165) is 6.42 Å². The zero-order valence-electron chi connectivity index (χ0n) is 15.0. The number of carbonyl (C=O) groups is 1. The minimum Gasteiger partial charge on any atom is -0.353 e. The largest absolute Gasteiger partial charge is 0.353 e. The molecule has 0 bridgehead atoms. The lowest BCUT2D eigenvalue weighted by molar-refractivity contribution is -0.127. The zero-order valence-corrected chi connectivity index (χ0v) is 15.8. The van der Waals surface area contributed by atoms with Crippen molar-refractivity contribution in [1.82, 2.24) is 9.62 Å². The maximum Gasteiger partial charge on any atom is 0.223 e. The van der Waals surface area contributed by atoms with Crippen molar-refractivity contribution in [3.63, 3.8) is 0 Å². The van der Waals surface area contributed by atoms with Crippen molar-refractivity contribution in [1.29, 1.82) is 0 Å². The highest BCUT2D eigenvalue weighted by Crippen LogP contribution is 2.38. The first-order chi connectivity index (χ1) is 10.6. The van der Waals surface area contributed by atoms with Crippen LogP contribution in [0.25, 0.3) is 0 Å². The van der Waals surface area contributed by atoms with Crippen LogP contribution in [0, 0.1) is 17.3 Å². The van der Waals surface area contributed by atoms with E-state index in [-0.39, 0.29) is 23.3 Å². The number of carbonyl (C=O) groups excluding carboxylic acids is 1. The molecule has 1 saturated heterocycles. The SMILES string of the molecule is CC(C)(C)C1CCCCC1NC(=O)C1CCN(S(C)(=O)=O)CC1. The Labute approximate surface area is 141 Å². The van der Waals surface area contributed by atoms with Crippen molar-refractivity contribution in [3.8, 4) is 0 Å². The van der Waals surface area contributed by atoms with Gasteiger partial charge in [-0.3, -0.25) is 4.79 Å². The van der Waals surface area contributed by atoms with Crippen molar-refractivity contribution in [2.75, 3.05) is 19.3 Å². The molecule has 2 atom stereocenters. The van der Waals surface area contributed by atoms with Gasteiger partial charge in [0.1, 0.15) is 0 Å². The van der Waals surface area contributed by atoms with Gasteiger partial charge in [-0.25, -0.2) is 12.7 Å². The van der Waals surface area contributed by atoms with E-state index in [0.29, 0.717) is 31.8 Å².